The molecule has 0 unspecified atom stereocenters. The molecule has 0 radical (unpaired) electrons. The molecule has 118 valence electrons. The molecule has 2 rings (SSSR count). The van der Waals surface area contributed by atoms with Crippen LogP contribution in [0.2, 0.25) is 0 Å². The Morgan fingerprint density at radius 1 is 1.19 bits per heavy atom. The Labute approximate surface area is 125 Å². The molecule has 0 aliphatic carbocycles. The highest BCUT2D eigenvalue weighted by Crippen LogP contribution is 2.32. The van der Waals surface area contributed by atoms with E-state index in [1.54, 1.807) is 13.8 Å². The van der Waals surface area contributed by atoms with Crippen LogP contribution in [0.5, 0.6) is 0 Å². The molecule has 5 nitrogen and oxygen atoms in total. The Morgan fingerprint density at radius 2 is 1.90 bits per heavy atom. The van der Waals surface area contributed by atoms with Gasteiger partial charge in [0, 0.05) is 5.92 Å². The molecule has 1 saturated heterocycles. The van der Waals surface area contributed by atoms with Gasteiger partial charge in [0.2, 0.25) is 0 Å². The molecule has 0 spiro atoms. The monoisotopic (exact) mass is 296 g/mol. The highest BCUT2D eigenvalue weighted by Gasteiger charge is 2.44. The minimum atomic E-state index is -0.745. The molecule has 0 aromatic heterocycles. The summed E-state index contributed by atoms with van der Waals surface area (Å²) in [5.74, 6) is -0.974. The topological polar surface area (TPSA) is 68.2 Å². The number of ether oxygens (including phenoxy) is 3. The zero-order valence-corrected chi connectivity index (χ0v) is 12.6. The van der Waals surface area contributed by atoms with Crippen LogP contribution in [0.25, 0.3) is 0 Å². The molecule has 0 saturated carbocycles. The maximum atomic E-state index is 9.57. The summed E-state index contributed by atoms with van der Waals surface area (Å²) >= 11 is 0. The number of hydrogen-bond donors (Lipinski definition) is 2. The van der Waals surface area contributed by atoms with Crippen molar-refractivity contribution in [2.75, 3.05) is 19.8 Å². The van der Waals surface area contributed by atoms with Gasteiger partial charge in [0.15, 0.2) is 5.79 Å². The van der Waals surface area contributed by atoms with Crippen molar-refractivity contribution in [2.24, 2.45) is 5.92 Å². The SMILES string of the molecule is CC1(C)O[C@@H]([C@H](CO)COCc2ccccc2)[C@@H](CO)O1. The lowest BCUT2D eigenvalue weighted by Gasteiger charge is -2.24. The van der Waals surface area contributed by atoms with Gasteiger partial charge in [-0.15, -0.1) is 0 Å². The minimum absolute atomic E-state index is 0.0740. The Morgan fingerprint density at radius 3 is 2.52 bits per heavy atom. The van der Waals surface area contributed by atoms with Gasteiger partial charge in [0.25, 0.3) is 0 Å². The Kier molecular flexibility index (Phi) is 5.72. The highest BCUT2D eigenvalue weighted by molar-refractivity contribution is 5.13. The first-order valence-electron chi connectivity index (χ1n) is 7.25. The first kappa shape index (κ1) is 16.4. The van der Waals surface area contributed by atoms with Crippen LogP contribution in [0.3, 0.4) is 0 Å². The van der Waals surface area contributed by atoms with E-state index in [4.69, 9.17) is 14.2 Å². The lowest BCUT2D eigenvalue weighted by molar-refractivity contribution is -0.156. The van der Waals surface area contributed by atoms with Gasteiger partial charge in [-0.05, 0) is 19.4 Å². The van der Waals surface area contributed by atoms with Gasteiger partial charge in [-0.25, -0.2) is 0 Å². The normalized spacial score (nSPS) is 25.9. The maximum absolute atomic E-state index is 9.57. The van der Waals surface area contributed by atoms with Crippen LogP contribution in [0.15, 0.2) is 30.3 Å². The molecule has 5 heteroatoms. The summed E-state index contributed by atoms with van der Waals surface area (Å²) in [4.78, 5) is 0. The molecule has 0 bridgehead atoms. The lowest BCUT2D eigenvalue weighted by Crippen LogP contribution is -2.38. The summed E-state index contributed by atoms with van der Waals surface area (Å²) in [6.07, 6.45) is -0.803. The minimum Gasteiger partial charge on any atom is -0.396 e. The van der Waals surface area contributed by atoms with Gasteiger partial charge in [0.1, 0.15) is 6.10 Å². The highest BCUT2D eigenvalue weighted by atomic mass is 16.8. The summed E-state index contributed by atoms with van der Waals surface area (Å²) in [6, 6.07) is 9.85. The van der Waals surface area contributed by atoms with E-state index in [2.05, 4.69) is 0 Å². The zero-order chi connectivity index (χ0) is 15.3. The molecule has 1 fully saturated rings. The molecule has 1 aromatic carbocycles. The van der Waals surface area contributed by atoms with Gasteiger partial charge < -0.3 is 24.4 Å². The second-order valence-electron chi connectivity index (χ2n) is 5.76. The van der Waals surface area contributed by atoms with Crippen LogP contribution < -0.4 is 0 Å². The number of aliphatic hydroxyl groups is 2. The van der Waals surface area contributed by atoms with E-state index in [-0.39, 0.29) is 25.2 Å². The summed E-state index contributed by atoms with van der Waals surface area (Å²) in [6.45, 7) is 4.23. The van der Waals surface area contributed by atoms with Crippen LogP contribution in [-0.2, 0) is 20.8 Å². The predicted octanol–water partition coefficient (Wildman–Crippen LogP) is 1.32. The van der Waals surface area contributed by atoms with E-state index >= 15 is 0 Å². The summed E-state index contributed by atoms with van der Waals surface area (Å²) < 4.78 is 17.1. The molecule has 1 heterocycles. The molecule has 1 aliphatic heterocycles. The van der Waals surface area contributed by atoms with Crippen molar-refractivity contribution in [1.29, 1.82) is 0 Å². The molecule has 1 aromatic rings. The van der Waals surface area contributed by atoms with E-state index in [9.17, 15) is 10.2 Å². The first-order valence-corrected chi connectivity index (χ1v) is 7.25. The fourth-order valence-corrected chi connectivity index (χ4v) is 2.56. The molecule has 3 atom stereocenters. The van der Waals surface area contributed by atoms with Gasteiger partial charge in [-0.3, -0.25) is 0 Å². The fraction of sp³-hybridized carbons (Fsp3) is 0.625. The molecule has 21 heavy (non-hydrogen) atoms. The number of aliphatic hydroxyl groups excluding tert-OH is 2. The van der Waals surface area contributed by atoms with Gasteiger partial charge in [0.05, 0.1) is 32.5 Å². The third kappa shape index (κ3) is 4.49. The van der Waals surface area contributed by atoms with Crippen LogP contribution in [0.4, 0.5) is 0 Å². The molecule has 0 amide bonds. The predicted molar refractivity (Wildman–Crippen MR) is 77.6 cm³/mol. The largest absolute Gasteiger partial charge is 0.396 e. The third-order valence-electron chi connectivity index (χ3n) is 3.54. The summed E-state index contributed by atoms with van der Waals surface area (Å²) in [7, 11) is 0. The Bertz CT molecular complexity index is 420. The maximum Gasteiger partial charge on any atom is 0.163 e. The second-order valence-corrected chi connectivity index (χ2v) is 5.76. The van der Waals surface area contributed by atoms with E-state index in [1.165, 1.54) is 0 Å². The van der Waals surface area contributed by atoms with Crippen molar-refractivity contribution in [3.05, 3.63) is 35.9 Å². The first-order chi connectivity index (χ1) is 10.1. The smallest absolute Gasteiger partial charge is 0.163 e. The average Bonchev–Trinajstić information content (AvgIpc) is 2.80. The van der Waals surface area contributed by atoms with Crippen molar-refractivity contribution < 1.29 is 24.4 Å². The molecule has 1 aliphatic rings. The lowest BCUT2D eigenvalue weighted by atomic mass is 10.00. The van der Waals surface area contributed by atoms with Gasteiger partial charge in [-0.2, -0.15) is 0 Å². The Balaban J connectivity index is 1.87. The number of hydrogen-bond acceptors (Lipinski definition) is 5. The number of benzene rings is 1. The van der Waals surface area contributed by atoms with E-state index in [0.717, 1.165) is 5.56 Å². The molecular weight excluding hydrogens is 272 g/mol. The average molecular weight is 296 g/mol. The second kappa shape index (κ2) is 7.33. The van der Waals surface area contributed by atoms with Crippen molar-refractivity contribution in [1.82, 2.24) is 0 Å². The quantitative estimate of drug-likeness (QED) is 0.794. The van der Waals surface area contributed by atoms with Crippen molar-refractivity contribution >= 4 is 0 Å². The zero-order valence-electron chi connectivity index (χ0n) is 12.6. The van der Waals surface area contributed by atoms with Crippen LogP contribution in [0, 0.1) is 5.92 Å². The van der Waals surface area contributed by atoms with Crippen molar-refractivity contribution in [3.8, 4) is 0 Å². The van der Waals surface area contributed by atoms with E-state index in [0.29, 0.717) is 13.2 Å². The standard InChI is InChI=1S/C16H24O5/c1-16(2)20-14(9-18)15(21-16)13(8-17)11-19-10-12-6-4-3-5-7-12/h3-7,13-15,17-18H,8-11H2,1-2H3/t13-,14-,15+/m1/s1. The van der Waals surface area contributed by atoms with Crippen molar-refractivity contribution in [2.45, 2.75) is 38.4 Å². The van der Waals surface area contributed by atoms with Gasteiger partial charge >= 0.3 is 0 Å². The van der Waals surface area contributed by atoms with Crippen LogP contribution in [-0.4, -0.2) is 48.0 Å². The van der Waals surface area contributed by atoms with Gasteiger partial charge in [-0.1, -0.05) is 30.3 Å². The summed E-state index contributed by atoms with van der Waals surface area (Å²) in [5, 5.41) is 19.0. The van der Waals surface area contributed by atoms with E-state index in [1.807, 2.05) is 30.3 Å². The molecule has 2 N–H and O–H groups in total. The van der Waals surface area contributed by atoms with E-state index < -0.39 is 11.9 Å². The van der Waals surface area contributed by atoms with Crippen molar-refractivity contribution in [3.63, 3.8) is 0 Å². The summed E-state index contributed by atoms with van der Waals surface area (Å²) in [5.41, 5.74) is 1.08. The van der Waals surface area contributed by atoms with Crippen LogP contribution >= 0.6 is 0 Å². The fourth-order valence-electron chi connectivity index (χ4n) is 2.56. The third-order valence-corrected chi connectivity index (χ3v) is 3.54. The molecular formula is C16H24O5. The van der Waals surface area contributed by atoms with Crippen LogP contribution in [0.1, 0.15) is 19.4 Å². The number of rotatable bonds is 7. The Hall–Kier alpha value is -0.980.